The predicted molar refractivity (Wildman–Crippen MR) is 76.6 cm³/mol. The number of rotatable bonds is 3. The minimum Gasteiger partial charge on any atom is -0.497 e. The van der Waals surface area contributed by atoms with Gasteiger partial charge in [0.05, 0.1) is 18.1 Å². The third-order valence-corrected chi connectivity index (χ3v) is 4.11. The lowest BCUT2D eigenvalue weighted by atomic mass is 9.94. The van der Waals surface area contributed by atoms with E-state index in [0.29, 0.717) is 0 Å². The Morgan fingerprint density at radius 2 is 2.16 bits per heavy atom. The van der Waals surface area contributed by atoms with E-state index in [-0.39, 0.29) is 0 Å². The first kappa shape index (κ1) is 12.5. The number of hydrogen-bond donors (Lipinski definition) is 1. The molecule has 4 heteroatoms. The predicted octanol–water partition coefficient (Wildman–Crippen LogP) is 2.12. The van der Waals surface area contributed by atoms with Crippen LogP contribution < -0.4 is 10.1 Å². The van der Waals surface area contributed by atoms with Gasteiger partial charge in [0.1, 0.15) is 11.6 Å². The fraction of sp³-hybridized carbons (Fsp3) is 0.533. The summed E-state index contributed by atoms with van der Waals surface area (Å²) in [5, 5.41) is 3.41. The summed E-state index contributed by atoms with van der Waals surface area (Å²) in [5.74, 6) is 2.83. The monoisotopic (exact) mass is 259 g/mol. The Kier molecular flexibility index (Phi) is 3.42. The summed E-state index contributed by atoms with van der Waals surface area (Å²) in [7, 11) is 3.80. The van der Waals surface area contributed by atoms with Crippen LogP contribution in [0.1, 0.15) is 18.7 Å². The van der Waals surface area contributed by atoms with Crippen molar-refractivity contribution in [2.24, 2.45) is 13.0 Å². The molecule has 1 aliphatic rings. The van der Waals surface area contributed by atoms with Crippen molar-refractivity contribution in [3.05, 3.63) is 24.0 Å². The van der Waals surface area contributed by atoms with E-state index in [4.69, 9.17) is 9.72 Å². The molecule has 0 bridgehead atoms. The lowest BCUT2D eigenvalue weighted by Crippen LogP contribution is -2.29. The van der Waals surface area contributed by atoms with Crippen LogP contribution in [-0.2, 0) is 13.5 Å². The second-order valence-corrected chi connectivity index (χ2v) is 5.34. The first-order valence-corrected chi connectivity index (χ1v) is 6.98. The van der Waals surface area contributed by atoms with Gasteiger partial charge in [-0.2, -0.15) is 0 Å². The van der Waals surface area contributed by atoms with Crippen LogP contribution in [0.25, 0.3) is 11.0 Å². The molecule has 1 fully saturated rings. The molecule has 2 heterocycles. The molecule has 2 aromatic rings. The molecule has 102 valence electrons. The van der Waals surface area contributed by atoms with Gasteiger partial charge in [-0.25, -0.2) is 4.98 Å². The molecule has 0 aliphatic carbocycles. The highest BCUT2D eigenvalue weighted by atomic mass is 16.5. The average molecular weight is 259 g/mol. The van der Waals surface area contributed by atoms with Crippen LogP contribution in [0.3, 0.4) is 0 Å². The highest BCUT2D eigenvalue weighted by Crippen LogP contribution is 2.24. The number of imidazole rings is 1. The third kappa shape index (κ3) is 2.45. The standard InChI is InChI=1S/C15H21N3O/c1-18-14-4-3-12(19-2)10-13(14)17-15(18)9-11-5-7-16-8-6-11/h3-4,10-11,16H,5-9H2,1-2H3. The Morgan fingerprint density at radius 1 is 1.37 bits per heavy atom. The fourth-order valence-corrected chi connectivity index (χ4v) is 2.88. The molecule has 0 amide bonds. The first-order valence-electron chi connectivity index (χ1n) is 6.98. The highest BCUT2D eigenvalue weighted by molar-refractivity contribution is 5.77. The van der Waals surface area contributed by atoms with E-state index >= 15 is 0 Å². The van der Waals surface area contributed by atoms with Gasteiger partial charge in [-0.3, -0.25) is 0 Å². The maximum Gasteiger partial charge on any atom is 0.121 e. The molecule has 1 saturated heterocycles. The summed E-state index contributed by atoms with van der Waals surface area (Å²) in [6.45, 7) is 2.28. The zero-order chi connectivity index (χ0) is 13.2. The zero-order valence-electron chi connectivity index (χ0n) is 11.6. The van der Waals surface area contributed by atoms with Crippen LogP contribution in [0.4, 0.5) is 0 Å². The largest absolute Gasteiger partial charge is 0.497 e. The van der Waals surface area contributed by atoms with E-state index < -0.39 is 0 Å². The molecule has 0 saturated carbocycles. The SMILES string of the molecule is COc1ccc2c(c1)nc(CC1CCNCC1)n2C. The second kappa shape index (κ2) is 5.21. The van der Waals surface area contributed by atoms with Crippen molar-refractivity contribution in [3.8, 4) is 5.75 Å². The average Bonchev–Trinajstić information content (AvgIpc) is 2.76. The van der Waals surface area contributed by atoms with Gasteiger partial charge in [0.2, 0.25) is 0 Å². The van der Waals surface area contributed by atoms with Gasteiger partial charge in [-0.15, -0.1) is 0 Å². The molecule has 1 N–H and O–H groups in total. The Hall–Kier alpha value is -1.55. The molecule has 1 aromatic heterocycles. The minimum absolute atomic E-state index is 0.763. The van der Waals surface area contributed by atoms with E-state index in [9.17, 15) is 0 Å². The quantitative estimate of drug-likeness (QED) is 0.917. The summed E-state index contributed by atoms with van der Waals surface area (Å²) < 4.78 is 7.48. The zero-order valence-corrected chi connectivity index (χ0v) is 11.6. The summed E-state index contributed by atoms with van der Waals surface area (Å²) >= 11 is 0. The number of piperidine rings is 1. The van der Waals surface area contributed by atoms with Gasteiger partial charge < -0.3 is 14.6 Å². The van der Waals surface area contributed by atoms with Crippen molar-refractivity contribution >= 4 is 11.0 Å². The molecule has 3 rings (SSSR count). The summed E-state index contributed by atoms with van der Waals surface area (Å²) in [6, 6.07) is 6.10. The van der Waals surface area contributed by atoms with E-state index in [1.807, 2.05) is 12.1 Å². The van der Waals surface area contributed by atoms with Crippen molar-refractivity contribution in [2.75, 3.05) is 20.2 Å². The van der Waals surface area contributed by atoms with Crippen molar-refractivity contribution < 1.29 is 4.74 Å². The van der Waals surface area contributed by atoms with Gasteiger partial charge in [0, 0.05) is 19.5 Å². The normalized spacial score (nSPS) is 16.9. The number of nitrogens with one attached hydrogen (secondary N) is 1. The van der Waals surface area contributed by atoms with Crippen molar-refractivity contribution in [3.63, 3.8) is 0 Å². The van der Waals surface area contributed by atoms with Gasteiger partial charge in [-0.1, -0.05) is 0 Å². The first-order chi connectivity index (χ1) is 9.28. The Labute approximate surface area is 113 Å². The highest BCUT2D eigenvalue weighted by Gasteiger charge is 2.17. The van der Waals surface area contributed by atoms with Crippen LogP contribution in [0, 0.1) is 5.92 Å². The van der Waals surface area contributed by atoms with Gasteiger partial charge in [0.25, 0.3) is 0 Å². The molecule has 1 aromatic carbocycles. The molecular formula is C15H21N3O. The number of benzene rings is 1. The number of fused-ring (bicyclic) bond motifs is 1. The van der Waals surface area contributed by atoms with Gasteiger partial charge in [-0.05, 0) is 44.0 Å². The molecule has 19 heavy (non-hydrogen) atoms. The van der Waals surface area contributed by atoms with Gasteiger partial charge in [0.15, 0.2) is 0 Å². The molecule has 1 aliphatic heterocycles. The smallest absolute Gasteiger partial charge is 0.121 e. The van der Waals surface area contributed by atoms with Crippen LogP contribution in [0.2, 0.25) is 0 Å². The number of aryl methyl sites for hydroxylation is 1. The van der Waals surface area contributed by atoms with Crippen molar-refractivity contribution in [1.82, 2.24) is 14.9 Å². The summed E-state index contributed by atoms with van der Waals surface area (Å²) in [4.78, 5) is 4.78. The maximum absolute atomic E-state index is 5.26. The van der Waals surface area contributed by atoms with E-state index in [0.717, 1.165) is 36.7 Å². The molecule has 0 spiro atoms. The van der Waals surface area contributed by atoms with E-state index in [2.05, 4.69) is 23.0 Å². The van der Waals surface area contributed by atoms with Crippen LogP contribution in [-0.4, -0.2) is 29.8 Å². The van der Waals surface area contributed by atoms with Crippen LogP contribution >= 0.6 is 0 Å². The Bertz CT molecular complexity index is 570. The lowest BCUT2D eigenvalue weighted by molar-refractivity contribution is 0.365. The number of ether oxygens (including phenoxy) is 1. The maximum atomic E-state index is 5.26. The number of nitrogens with zero attached hydrogens (tertiary/aromatic N) is 2. The number of hydrogen-bond acceptors (Lipinski definition) is 3. The van der Waals surface area contributed by atoms with Crippen LogP contribution in [0.15, 0.2) is 18.2 Å². The second-order valence-electron chi connectivity index (χ2n) is 5.34. The topological polar surface area (TPSA) is 39.1 Å². The fourth-order valence-electron chi connectivity index (χ4n) is 2.88. The summed E-state index contributed by atoms with van der Waals surface area (Å²) in [5.41, 5.74) is 2.22. The molecular weight excluding hydrogens is 238 g/mol. The molecule has 0 atom stereocenters. The van der Waals surface area contributed by atoms with Crippen molar-refractivity contribution in [1.29, 1.82) is 0 Å². The minimum atomic E-state index is 0.763. The molecule has 4 nitrogen and oxygen atoms in total. The Balaban J connectivity index is 1.88. The third-order valence-electron chi connectivity index (χ3n) is 4.11. The Morgan fingerprint density at radius 3 is 2.89 bits per heavy atom. The van der Waals surface area contributed by atoms with Crippen LogP contribution in [0.5, 0.6) is 5.75 Å². The van der Waals surface area contributed by atoms with Crippen molar-refractivity contribution in [2.45, 2.75) is 19.3 Å². The summed E-state index contributed by atoms with van der Waals surface area (Å²) in [6.07, 6.45) is 3.59. The molecule has 0 unspecified atom stereocenters. The lowest BCUT2D eigenvalue weighted by Gasteiger charge is -2.22. The number of methoxy groups -OCH3 is 1. The van der Waals surface area contributed by atoms with E-state index in [1.54, 1.807) is 7.11 Å². The number of aromatic nitrogens is 2. The van der Waals surface area contributed by atoms with Gasteiger partial charge >= 0.3 is 0 Å². The van der Waals surface area contributed by atoms with E-state index in [1.165, 1.54) is 24.2 Å². The molecule has 0 radical (unpaired) electrons.